The summed E-state index contributed by atoms with van der Waals surface area (Å²) in [4.78, 5) is 26.6. The van der Waals surface area contributed by atoms with Crippen molar-refractivity contribution < 1.29 is 14.3 Å². The average molecular weight is 405 g/mol. The zero-order valence-corrected chi connectivity index (χ0v) is 16.6. The average Bonchev–Trinajstić information content (AvgIpc) is 3.38. The van der Waals surface area contributed by atoms with Crippen LogP contribution in [0.2, 0.25) is 0 Å². The van der Waals surface area contributed by atoms with Crippen LogP contribution in [0.3, 0.4) is 0 Å². The summed E-state index contributed by atoms with van der Waals surface area (Å²) in [7, 11) is 0. The number of aromatic nitrogens is 3. The maximum atomic E-state index is 12.6. The molecule has 3 aromatic rings. The van der Waals surface area contributed by atoms with Crippen LogP contribution in [0.4, 0.5) is 5.69 Å². The lowest BCUT2D eigenvalue weighted by atomic mass is 9.95. The number of benzene rings is 2. The minimum atomic E-state index is -0.224. The van der Waals surface area contributed by atoms with Gasteiger partial charge in [0.1, 0.15) is 17.6 Å². The summed E-state index contributed by atoms with van der Waals surface area (Å²) in [5, 5.41) is 13.7. The minimum absolute atomic E-state index is 0.0254. The van der Waals surface area contributed by atoms with Gasteiger partial charge in [0, 0.05) is 23.7 Å². The van der Waals surface area contributed by atoms with Crippen molar-refractivity contribution in [3.05, 3.63) is 53.1 Å². The Bertz CT molecular complexity index is 1100. The van der Waals surface area contributed by atoms with Gasteiger partial charge in [0.05, 0.1) is 5.56 Å². The number of nitrogens with zero attached hydrogens (tertiary/aromatic N) is 3. The van der Waals surface area contributed by atoms with Crippen LogP contribution in [0.5, 0.6) is 0 Å². The highest BCUT2D eigenvalue weighted by molar-refractivity contribution is 5.94. The number of rotatable bonds is 5. The van der Waals surface area contributed by atoms with Gasteiger partial charge in [0.25, 0.3) is 0 Å². The van der Waals surface area contributed by atoms with Crippen LogP contribution < -0.4 is 5.32 Å². The second-order valence-electron chi connectivity index (χ2n) is 7.95. The van der Waals surface area contributed by atoms with Crippen molar-refractivity contribution in [2.75, 3.05) is 25.0 Å². The molecule has 1 amide bonds. The van der Waals surface area contributed by atoms with Gasteiger partial charge in [-0.2, -0.15) is 15.4 Å². The predicted molar refractivity (Wildman–Crippen MR) is 111 cm³/mol. The van der Waals surface area contributed by atoms with Crippen molar-refractivity contribution in [3.8, 4) is 0 Å². The van der Waals surface area contributed by atoms with Gasteiger partial charge in [-0.05, 0) is 62.2 Å². The van der Waals surface area contributed by atoms with Gasteiger partial charge in [-0.15, -0.1) is 0 Å². The Kier molecular flexibility index (Phi) is 4.92. The molecule has 0 atom stereocenters. The fourth-order valence-corrected chi connectivity index (χ4v) is 4.21. The van der Waals surface area contributed by atoms with E-state index in [9.17, 15) is 9.59 Å². The number of H-pyrrole nitrogens is 1. The third-order valence-electron chi connectivity index (χ3n) is 6.01. The number of fused-ring (bicyclic) bond motifs is 2. The van der Waals surface area contributed by atoms with E-state index in [1.165, 1.54) is 5.56 Å². The lowest BCUT2D eigenvalue weighted by molar-refractivity contribution is -0.121. The standard InChI is InChI=1S/C22H23N5O3/c28-21(23-17-2-4-19-20(12-17)25-26-24-19)15-6-9-27(10-7-15)8-5-14-1-3-18-16(11-14)13-30-22(18)29/h1-4,11-12,15H,5-10,13H2,(H,23,28)(H,24,25,26). The van der Waals surface area contributed by atoms with Crippen LogP contribution in [-0.4, -0.2) is 51.8 Å². The van der Waals surface area contributed by atoms with Crippen molar-refractivity contribution >= 4 is 28.6 Å². The van der Waals surface area contributed by atoms with Crippen LogP contribution in [0.15, 0.2) is 36.4 Å². The van der Waals surface area contributed by atoms with Crippen LogP contribution in [-0.2, 0) is 22.6 Å². The summed E-state index contributed by atoms with van der Waals surface area (Å²) in [6, 6.07) is 11.5. The topological polar surface area (TPSA) is 100 Å². The molecule has 0 bridgehead atoms. The smallest absolute Gasteiger partial charge is 0.338 e. The number of carbonyl (C=O) groups is 2. The molecule has 0 saturated carbocycles. The number of hydrogen-bond acceptors (Lipinski definition) is 6. The third-order valence-corrected chi connectivity index (χ3v) is 6.01. The van der Waals surface area contributed by atoms with Crippen molar-refractivity contribution in [2.24, 2.45) is 5.92 Å². The van der Waals surface area contributed by atoms with Gasteiger partial charge in [-0.3, -0.25) is 4.79 Å². The van der Waals surface area contributed by atoms with Crippen molar-refractivity contribution in [3.63, 3.8) is 0 Å². The largest absolute Gasteiger partial charge is 0.457 e. The zero-order valence-electron chi connectivity index (χ0n) is 16.6. The molecule has 0 unspecified atom stereocenters. The number of cyclic esters (lactones) is 1. The van der Waals surface area contributed by atoms with Gasteiger partial charge in [0.2, 0.25) is 5.91 Å². The monoisotopic (exact) mass is 405 g/mol. The van der Waals surface area contributed by atoms with E-state index in [2.05, 4.69) is 31.7 Å². The van der Waals surface area contributed by atoms with E-state index in [0.717, 1.165) is 61.2 Å². The molecule has 2 aliphatic heterocycles. The number of amides is 1. The molecule has 154 valence electrons. The first-order valence-electron chi connectivity index (χ1n) is 10.3. The van der Waals surface area contributed by atoms with E-state index in [1.54, 1.807) is 0 Å². The maximum absolute atomic E-state index is 12.6. The number of nitrogens with one attached hydrogen (secondary N) is 2. The molecule has 3 heterocycles. The van der Waals surface area contributed by atoms with E-state index in [-0.39, 0.29) is 17.8 Å². The molecule has 2 aliphatic rings. The molecule has 1 aromatic heterocycles. The molecule has 2 aromatic carbocycles. The highest BCUT2D eigenvalue weighted by Crippen LogP contribution is 2.23. The van der Waals surface area contributed by atoms with Crippen LogP contribution in [0.25, 0.3) is 11.0 Å². The molecule has 0 spiro atoms. The Hall–Kier alpha value is -3.26. The predicted octanol–water partition coefficient (Wildman–Crippen LogP) is 2.52. The quantitative estimate of drug-likeness (QED) is 0.633. The van der Waals surface area contributed by atoms with Gasteiger partial charge >= 0.3 is 5.97 Å². The van der Waals surface area contributed by atoms with Gasteiger partial charge in [-0.25, -0.2) is 4.79 Å². The Morgan fingerprint density at radius 3 is 2.83 bits per heavy atom. The number of likely N-dealkylation sites (tertiary alicyclic amines) is 1. The normalized spacial score (nSPS) is 17.1. The molecular weight excluding hydrogens is 382 g/mol. The Morgan fingerprint density at radius 2 is 1.97 bits per heavy atom. The van der Waals surface area contributed by atoms with Crippen molar-refractivity contribution in [1.82, 2.24) is 20.3 Å². The lowest BCUT2D eigenvalue weighted by Crippen LogP contribution is -2.39. The van der Waals surface area contributed by atoms with Crippen molar-refractivity contribution in [1.29, 1.82) is 0 Å². The summed E-state index contributed by atoms with van der Waals surface area (Å²) >= 11 is 0. The van der Waals surface area contributed by atoms with E-state index < -0.39 is 0 Å². The number of hydrogen-bond donors (Lipinski definition) is 2. The Morgan fingerprint density at radius 1 is 1.13 bits per heavy atom. The van der Waals surface area contributed by atoms with Gasteiger partial charge < -0.3 is 15.0 Å². The Balaban J connectivity index is 1.11. The first kappa shape index (κ1) is 18.7. The highest BCUT2D eigenvalue weighted by atomic mass is 16.5. The lowest BCUT2D eigenvalue weighted by Gasteiger charge is -2.31. The molecule has 0 radical (unpaired) electrons. The molecular formula is C22H23N5O3. The van der Waals surface area contributed by atoms with Crippen LogP contribution >= 0.6 is 0 Å². The fourth-order valence-electron chi connectivity index (χ4n) is 4.21. The van der Waals surface area contributed by atoms with Crippen molar-refractivity contribution in [2.45, 2.75) is 25.9 Å². The third kappa shape index (κ3) is 3.78. The van der Waals surface area contributed by atoms with Crippen LogP contribution in [0, 0.1) is 5.92 Å². The first-order chi connectivity index (χ1) is 14.7. The maximum Gasteiger partial charge on any atom is 0.338 e. The fraction of sp³-hybridized carbons (Fsp3) is 0.364. The first-order valence-corrected chi connectivity index (χ1v) is 10.3. The highest BCUT2D eigenvalue weighted by Gasteiger charge is 2.25. The van der Waals surface area contributed by atoms with E-state index in [0.29, 0.717) is 12.2 Å². The second-order valence-corrected chi connectivity index (χ2v) is 7.95. The molecule has 5 rings (SSSR count). The number of carbonyl (C=O) groups excluding carboxylic acids is 2. The number of esters is 1. The summed E-state index contributed by atoms with van der Waals surface area (Å²) in [5.41, 5.74) is 5.16. The molecule has 1 fully saturated rings. The van der Waals surface area contributed by atoms with Crippen LogP contribution in [0.1, 0.15) is 34.3 Å². The van der Waals surface area contributed by atoms with Gasteiger partial charge in [0.15, 0.2) is 0 Å². The number of ether oxygens (including phenoxy) is 1. The van der Waals surface area contributed by atoms with E-state index in [4.69, 9.17) is 4.74 Å². The summed E-state index contributed by atoms with van der Waals surface area (Å²) in [6.45, 7) is 3.15. The number of piperidine rings is 1. The summed E-state index contributed by atoms with van der Waals surface area (Å²) in [5.74, 6) is -0.129. The molecule has 8 nitrogen and oxygen atoms in total. The molecule has 30 heavy (non-hydrogen) atoms. The second kappa shape index (κ2) is 7.87. The number of aromatic amines is 1. The van der Waals surface area contributed by atoms with E-state index >= 15 is 0 Å². The minimum Gasteiger partial charge on any atom is -0.457 e. The molecule has 1 saturated heterocycles. The summed E-state index contributed by atoms with van der Waals surface area (Å²) < 4.78 is 5.07. The SMILES string of the molecule is O=C1OCc2cc(CCN3CCC(C(=O)Nc4ccc5n[nH]nc5c4)CC3)ccc21. The Labute approximate surface area is 173 Å². The summed E-state index contributed by atoms with van der Waals surface area (Å²) in [6.07, 6.45) is 2.63. The molecule has 0 aliphatic carbocycles. The van der Waals surface area contributed by atoms with E-state index in [1.807, 2.05) is 30.3 Å². The molecule has 8 heteroatoms. The van der Waals surface area contributed by atoms with Gasteiger partial charge in [-0.1, -0.05) is 12.1 Å². The molecule has 2 N–H and O–H groups in total. The zero-order chi connectivity index (χ0) is 20.5. The number of anilines is 1.